The summed E-state index contributed by atoms with van der Waals surface area (Å²) in [5.74, 6) is -3.11. The van der Waals surface area contributed by atoms with Crippen LogP contribution >= 0.6 is 0 Å². The minimum absolute atomic E-state index is 0.142. The number of alkyl halides is 2. The summed E-state index contributed by atoms with van der Waals surface area (Å²) in [7, 11) is 0. The third kappa shape index (κ3) is 5.09. The van der Waals surface area contributed by atoms with Crippen LogP contribution in [-0.2, 0) is 6.54 Å². The van der Waals surface area contributed by atoms with E-state index < -0.39 is 29.6 Å². The van der Waals surface area contributed by atoms with E-state index in [1.54, 1.807) is 6.92 Å². The quantitative estimate of drug-likeness (QED) is 0.613. The van der Waals surface area contributed by atoms with Crippen molar-refractivity contribution < 1.29 is 26.7 Å². The summed E-state index contributed by atoms with van der Waals surface area (Å²) in [6.45, 7) is -1.59. The molecule has 1 N–H and O–H groups in total. The molecule has 3 rings (SSSR count). The van der Waals surface area contributed by atoms with Gasteiger partial charge in [0.1, 0.15) is 17.4 Å². The number of rotatable bonds is 6. The Bertz CT molecular complexity index is 1080. The molecule has 0 aliphatic carbocycles. The Morgan fingerprint density at radius 2 is 1.79 bits per heavy atom. The molecule has 0 saturated heterocycles. The molecule has 2 aromatic carbocycles. The summed E-state index contributed by atoms with van der Waals surface area (Å²) in [5.41, 5.74) is -0.150. The molecule has 1 heterocycles. The van der Waals surface area contributed by atoms with Crippen LogP contribution in [-0.4, -0.2) is 16.2 Å². The Balaban J connectivity index is 1.99. The number of halogens is 5. The van der Waals surface area contributed by atoms with E-state index in [9.17, 15) is 26.7 Å². The van der Waals surface area contributed by atoms with Crippen molar-refractivity contribution in [2.75, 3.05) is 5.32 Å². The molecule has 0 amide bonds. The average Bonchev–Trinajstić information content (AvgIpc) is 2.61. The van der Waals surface area contributed by atoms with Gasteiger partial charge in [0.2, 0.25) is 11.8 Å². The van der Waals surface area contributed by atoms with E-state index >= 15 is 0 Å². The van der Waals surface area contributed by atoms with Crippen LogP contribution in [0, 0.1) is 24.4 Å². The number of nitrogens with one attached hydrogen (secondary N) is 1. The van der Waals surface area contributed by atoms with Gasteiger partial charge in [-0.1, -0.05) is 6.07 Å². The summed E-state index contributed by atoms with van der Waals surface area (Å²) in [4.78, 5) is 15.2. The molecule has 0 atom stereocenters. The minimum Gasteiger partial charge on any atom is -0.435 e. The molecule has 0 aliphatic rings. The van der Waals surface area contributed by atoms with Gasteiger partial charge >= 0.3 is 12.2 Å². The van der Waals surface area contributed by atoms with Gasteiger partial charge in [0.05, 0.1) is 6.54 Å². The van der Waals surface area contributed by atoms with Crippen molar-refractivity contribution in [3.05, 3.63) is 81.5 Å². The zero-order valence-electron chi connectivity index (χ0n) is 14.9. The Morgan fingerprint density at radius 1 is 1.10 bits per heavy atom. The summed E-state index contributed by atoms with van der Waals surface area (Å²) in [6, 6.07) is 6.85. The van der Waals surface area contributed by atoms with Crippen molar-refractivity contribution in [3.63, 3.8) is 0 Å². The normalized spacial score (nSPS) is 11.0. The lowest BCUT2D eigenvalue weighted by Crippen LogP contribution is -2.20. The van der Waals surface area contributed by atoms with Crippen LogP contribution in [0.2, 0.25) is 0 Å². The van der Waals surface area contributed by atoms with Gasteiger partial charge in [-0.2, -0.15) is 18.2 Å². The summed E-state index contributed by atoms with van der Waals surface area (Å²) < 4.78 is 71.0. The van der Waals surface area contributed by atoms with Crippen LogP contribution in [0.1, 0.15) is 11.1 Å². The Labute approximate surface area is 161 Å². The Kier molecular flexibility index (Phi) is 5.81. The zero-order chi connectivity index (χ0) is 21.1. The number of nitrogens with zero attached hydrogens (tertiary/aromatic N) is 2. The zero-order valence-corrected chi connectivity index (χ0v) is 14.9. The Hall–Kier alpha value is -3.43. The first kappa shape index (κ1) is 20.3. The lowest BCUT2D eigenvalue weighted by Gasteiger charge is -2.16. The summed E-state index contributed by atoms with van der Waals surface area (Å²) in [6.07, 6.45) is 0.829. The van der Waals surface area contributed by atoms with Gasteiger partial charge in [-0.15, -0.1) is 0 Å². The molecule has 0 aliphatic heterocycles. The van der Waals surface area contributed by atoms with E-state index in [4.69, 9.17) is 0 Å². The van der Waals surface area contributed by atoms with E-state index in [1.165, 1.54) is 18.2 Å². The highest BCUT2D eigenvalue weighted by Gasteiger charge is 2.13. The number of hydrogen-bond donors (Lipinski definition) is 1. The highest BCUT2D eigenvalue weighted by Crippen LogP contribution is 2.26. The van der Waals surface area contributed by atoms with Crippen LogP contribution < -0.4 is 15.6 Å². The minimum atomic E-state index is -3.03. The maximum atomic E-state index is 13.8. The van der Waals surface area contributed by atoms with Gasteiger partial charge < -0.3 is 14.6 Å². The predicted octanol–water partition coefficient (Wildman–Crippen LogP) is 4.36. The molecule has 0 saturated carbocycles. The van der Waals surface area contributed by atoms with Gasteiger partial charge in [-0.05, 0) is 36.2 Å². The van der Waals surface area contributed by atoms with Crippen molar-refractivity contribution in [2.24, 2.45) is 0 Å². The predicted molar refractivity (Wildman–Crippen MR) is 95.0 cm³/mol. The molecule has 29 heavy (non-hydrogen) atoms. The molecule has 0 radical (unpaired) electrons. The molecule has 0 unspecified atom stereocenters. The van der Waals surface area contributed by atoms with Gasteiger partial charge in [0, 0.05) is 24.0 Å². The van der Waals surface area contributed by atoms with Crippen LogP contribution in [0.5, 0.6) is 5.75 Å². The second kappa shape index (κ2) is 8.29. The molecule has 10 heteroatoms. The monoisotopic (exact) mass is 411 g/mol. The number of anilines is 2. The lowest BCUT2D eigenvalue weighted by atomic mass is 10.2. The van der Waals surface area contributed by atoms with Gasteiger partial charge in [0.25, 0.3) is 0 Å². The second-order valence-electron chi connectivity index (χ2n) is 6.10. The molecule has 0 bridgehead atoms. The van der Waals surface area contributed by atoms with Gasteiger partial charge in [-0.25, -0.2) is 8.78 Å². The van der Waals surface area contributed by atoms with Crippen LogP contribution in [0.15, 0.2) is 47.4 Å². The SMILES string of the molecule is Cc1ccc(OC(F)F)cc1Nc1nc(=O)c(F)cn1Cc1cc(F)cc(F)c1. The standard InChI is InChI=1S/C19H14F5N3O2/c1-10-2-3-14(29-18(23)24)7-16(10)25-19-26-17(28)15(22)9-27(19)8-11-4-12(20)6-13(21)5-11/h2-7,9,18H,8H2,1H3,(H,25,26,28). The van der Waals surface area contributed by atoms with Gasteiger partial charge in [-0.3, -0.25) is 4.79 Å². The van der Waals surface area contributed by atoms with Crippen LogP contribution in [0.25, 0.3) is 0 Å². The lowest BCUT2D eigenvalue weighted by molar-refractivity contribution is -0.0498. The maximum Gasteiger partial charge on any atom is 0.387 e. The molecule has 3 aromatic rings. The first-order chi connectivity index (χ1) is 13.7. The van der Waals surface area contributed by atoms with Crippen LogP contribution in [0.4, 0.5) is 33.6 Å². The van der Waals surface area contributed by atoms with Crippen LogP contribution in [0.3, 0.4) is 0 Å². The number of hydrogen-bond acceptors (Lipinski definition) is 4. The molecule has 0 fully saturated rings. The maximum absolute atomic E-state index is 13.8. The van der Waals surface area contributed by atoms with E-state index in [1.807, 2.05) is 0 Å². The molecule has 1 aromatic heterocycles. The smallest absolute Gasteiger partial charge is 0.387 e. The third-order valence-electron chi connectivity index (χ3n) is 3.91. The fourth-order valence-corrected chi connectivity index (χ4v) is 2.62. The first-order valence-corrected chi connectivity index (χ1v) is 8.25. The van der Waals surface area contributed by atoms with E-state index in [0.717, 1.165) is 22.9 Å². The second-order valence-corrected chi connectivity index (χ2v) is 6.10. The van der Waals surface area contributed by atoms with E-state index in [0.29, 0.717) is 11.6 Å². The largest absolute Gasteiger partial charge is 0.435 e. The number of aryl methyl sites for hydroxylation is 1. The average molecular weight is 411 g/mol. The molecule has 5 nitrogen and oxygen atoms in total. The highest BCUT2D eigenvalue weighted by molar-refractivity contribution is 5.61. The Morgan fingerprint density at radius 3 is 2.45 bits per heavy atom. The summed E-state index contributed by atoms with van der Waals surface area (Å²) >= 11 is 0. The first-order valence-electron chi connectivity index (χ1n) is 8.25. The van der Waals surface area contributed by atoms with Crippen molar-refractivity contribution in [1.82, 2.24) is 9.55 Å². The molecular formula is C19H14F5N3O2. The summed E-state index contributed by atoms with van der Waals surface area (Å²) in [5, 5.41) is 2.74. The fourth-order valence-electron chi connectivity index (χ4n) is 2.62. The van der Waals surface area contributed by atoms with E-state index in [-0.39, 0.29) is 29.5 Å². The highest BCUT2D eigenvalue weighted by atomic mass is 19.3. The number of ether oxygens (including phenoxy) is 1. The van der Waals surface area contributed by atoms with E-state index in [2.05, 4.69) is 15.0 Å². The molecule has 152 valence electrons. The van der Waals surface area contributed by atoms with Crippen molar-refractivity contribution in [3.8, 4) is 5.75 Å². The number of benzene rings is 2. The topological polar surface area (TPSA) is 56.1 Å². The van der Waals surface area contributed by atoms with Gasteiger partial charge in [0.15, 0.2) is 0 Å². The number of aromatic nitrogens is 2. The van der Waals surface area contributed by atoms with Crippen molar-refractivity contribution in [2.45, 2.75) is 20.1 Å². The fraction of sp³-hybridized carbons (Fsp3) is 0.158. The third-order valence-corrected chi connectivity index (χ3v) is 3.91. The van der Waals surface area contributed by atoms with Crippen molar-refractivity contribution in [1.29, 1.82) is 0 Å². The molecular weight excluding hydrogens is 397 g/mol. The van der Waals surface area contributed by atoms with Crippen molar-refractivity contribution >= 4 is 11.6 Å². The molecule has 0 spiro atoms.